The van der Waals surface area contributed by atoms with Gasteiger partial charge in [-0.1, -0.05) is 0 Å². The van der Waals surface area contributed by atoms with E-state index >= 15 is 0 Å². The Morgan fingerprint density at radius 1 is 1.59 bits per heavy atom. The monoisotopic (exact) mass is 274 g/mol. The Hall–Kier alpha value is -0.880. The molecule has 17 heavy (non-hydrogen) atoms. The maximum absolute atomic E-state index is 11.7. The number of nitrogen functional groups attached to an aromatic ring is 1. The van der Waals surface area contributed by atoms with Crippen LogP contribution < -0.4 is 11.1 Å². The van der Waals surface area contributed by atoms with Crippen LogP contribution in [0.1, 0.15) is 30.4 Å². The Bertz CT molecular complexity index is 402. The van der Waals surface area contributed by atoms with Gasteiger partial charge in [0.15, 0.2) is 0 Å². The predicted molar refractivity (Wildman–Crippen MR) is 75.2 cm³/mol. The number of thiophene rings is 1. The quantitative estimate of drug-likeness (QED) is 0.638. The zero-order valence-corrected chi connectivity index (χ0v) is 12.1. The van der Waals surface area contributed by atoms with Crippen molar-refractivity contribution in [1.29, 1.82) is 0 Å². The molecule has 0 atom stereocenters. The first kappa shape index (κ1) is 14.2. The molecule has 1 aromatic rings. The van der Waals surface area contributed by atoms with Gasteiger partial charge < -0.3 is 15.8 Å². The first-order valence-corrected chi connectivity index (χ1v) is 7.45. The molecule has 96 valence electrons. The summed E-state index contributed by atoms with van der Waals surface area (Å²) in [6.45, 7) is 6.23. The van der Waals surface area contributed by atoms with Crippen LogP contribution in [0.5, 0.6) is 0 Å². The van der Waals surface area contributed by atoms with Crippen LogP contribution in [0.25, 0.3) is 0 Å². The molecular formula is C11H18N2O2S2. The molecule has 4 nitrogen and oxygen atoms in total. The second kappa shape index (κ2) is 6.16. The summed E-state index contributed by atoms with van der Waals surface area (Å²) in [4.78, 5) is 13.1. The molecule has 6 heteroatoms. The molecule has 1 rings (SSSR count). The number of nitrogens with two attached hydrogens (primary N) is 1. The van der Waals surface area contributed by atoms with Crippen LogP contribution in [0.15, 0.2) is 4.90 Å². The Morgan fingerprint density at radius 3 is 2.71 bits per heavy atom. The zero-order chi connectivity index (χ0) is 13.0. The Labute approximate surface area is 110 Å². The highest BCUT2D eigenvalue weighted by Crippen LogP contribution is 2.42. The molecule has 0 spiro atoms. The third-order valence-corrected chi connectivity index (χ3v) is 4.06. The van der Waals surface area contributed by atoms with Crippen molar-refractivity contribution in [3.63, 3.8) is 0 Å². The van der Waals surface area contributed by atoms with Gasteiger partial charge in [0, 0.05) is 6.04 Å². The minimum Gasteiger partial charge on any atom is -0.462 e. The number of carbonyl (C=O) groups excluding carboxylic acids is 1. The highest BCUT2D eigenvalue weighted by molar-refractivity contribution is 7.99. The number of rotatable bonds is 5. The van der Waals surface area contributed by atoms with Crippen LogP contribution in [0, 0.1) is 0 Å². The average molecular weight is 274 g/mol. The van der Waals surface area contributed by atoms with E-state index in [0.29, 0.717) is 23.2 Å². The average Bonchev–Trinajstić information content (AvgIpc) is 2.54. The number of hydrogen-bond donors (Lipinski definition) is 2. The topological polar surface area (TPSA) is 64.3 Å². The molecule has 0 bridgehead atoms. The maximum Gasteiger partial charge on any atom is 0.350 e. The van der Waals surface area contributed by atoms with E-state index in [2.05, 4.69) is 5.32 Å². The smallest absolute Gasteiger partial charge is 0.350 e. The van der Waals surface area contributed by atoms with E-state index in [1.54, 1.807) is 6.92 Å². The van der Waals surface area contributed by atoms with Gasteiger partial charge in [-0.05, 0) is 27.0 Å². The van der Waals surface area contributed by atoms with Crippen molar-refractivity contribution < 1.29 is 9.53 Å². The second-order valence-electron chi connectivity index (χ2n) is 3.73. The molecule has 0 saturated carbocycles. The standard InChI is InChI=1S/C11H18N2O2S2/c1-5-15-11(14)9-7(12)8(16-4)10(17-9)13-6(2)3/h6,13H,5,12H2,1-4H3. The van der Waals surface area contributed by atoms with Gasteiger partial charge in [0.1, 0.15) is 9.88 Å². The Balaban J connectivity index is 3.08. The molecule has 0 fully saturated rings. The molecule has 3 N–H and O–H groups in total. The van der Waals surface area contributed by atoms with Crippen molar-refractivity contribution in [2.24, 2.45) is 0 Å². The van der Waals surface area contributed by atoms with Crippen molar-refractivity contribution in [1.82, 2.24) is 0 Å². The maximum atomic E-state index is 11.7. The highest BCUT2D eigenvalue weighted by atomic mass is 32.2. The lowest BCUT2D eigenvalue weighted by Crippen LogP contribution is -2.08. The van der Waals surface area contributed by atoms with E-state index in [-0.39, 0.29) is 5.97 Å². The fourth-order valence-electron chi connectivity index (χ4n) is 1.34. The number of anilines is 2. The van der Waals surface area contributed by atoms with Crippen LogP contribution in [-0.4, -0.2) is 24.9 Å². The number of hydrogen-bond acceptors (Lipinski definition) is 6. The molecular weight excluding hydrogens is 256 g/mol. The molecule has 0 aliphatic heterocycles. The van der Waals surface area contributed by atoms with Gasteiger partial charge in [0.05, 0.1) is 17.2 Å². The molecule has 1 heterocycles. The molecule has 0 aliphatic rings. The summed E-state index contributed by atoms with van der Waals surface area (Å²) in [5.41, 5.74) is 6.49. The number of nitrogens with one attached hydrogen (secondary N) is 1. The van der Waals surface area contributed by atoms with Crippen molar-refractivity contribution in [3.8, 4) is 0 Å². The molecule has 0 unspecified atom stereocenters. The van der Waals surface area contributed by atoms with Crippen molar-refractivity contribution in [2.75, 3.05) is 23.9 Å². The lowest BCUT2D eigenvalue weighted by Gasteiger charge is -2.08. The minimum absolute atomic E-state index is 0.300. The summed E-state index contributed by atoms with van der Waals surface area (Å²) in [6, 6.07) is 0.300. The number of thioether (sulfide) groups is 1. The largest absolute Gasteiger partial charge is 0.462 e. The van der Waals surface area contributed by atoms with Crippen LogP contribution in [-0.2, 0) is 4.74 Å². The summed E-state index contributed by atoms with van der Waals surface area (Å²) < 4.78 is 4.98. The lowest BCUT2D eigenvalue weighted by atomic mass is 10.3. The SMILES string of the molecule is CCOC(=O)c1sc(NC(C)C)c(SC)c1N. The lowest BCUT2D eigenvalue weighted by molar-refractivity contribution is 0.0533. The van der Waals surface area contributed by atoms with E-state index in [4.69, 9.17) is 10.5 Å². The van der Waals surface area contributed by atoms with Crippen LogP contribution in [0.2, 0.25) is 0 Å². The summed E-state index contributed by atoms with van der Waals surface area (Å²) in [7, 11) is 0. The van der Waals surface area contributed by atoms with E-state index in [9.17, 15) is 4.79 Å². The van der Waals surface area contributed by atoms with Crippen LogP contribution in [0.4, 0.5) is 10.7 Å². The number of esters is 1. The van der Waals surface area contributed by atoms with Gasteiger partial charge in [-0.2, -0.15) is 0 Å². The Morgan fingerprint density at radius 2 is 2.24 bits per heavy atom. The van der Waals surface area contributed by atoms with Gasteiger partial charge in [-0.15, -0.1) is 23.1 Å². The summed E-state index contributed by atoms with van der Waals surface area (Å²) in [5.74, 6) is -0.345. The van der Waals surface area contributed by atoms with E-state index in [1.165, 1.54) is 23.1 Å². The fraction of sp³-hybridized carbons (Fsp3) is 0.545. The first-order chi connectivity index (χ1) is 8.01. The molecule has 0 aliphatic carbocycles. The molecule has 0 saturated heterocycles. The molecule has 1 aromatic heterocycles. The van der Waals surface area contributed by atoms with Crippen LogP contribution >= 0.6 is 23.1 Å². The zero-order valence-electron chi connectivity index (χ0n) is 10.5. The van der Waals surface area contributed by atoms with Gasteiger partial charge in [0.25, 0.3) is 0 Å². The van der Waals surface area contributed by atoms with Crippen LogP contribution in [0.3, 0.4) is 0 Å². The fourth-order valence-corrected chi connectivity index (χ4v) is 3.40. The molecule has 0 radical (unpaired) electrons. The number of carbonyl (C=O) groups is 1. The summed E-state index contributed by atoms with van der Waals surface area (Å²) >= 11 is 2.89. The van der Waals surface area contributed by atoms with Crippen molar-refractivity contribution in [2.45, 2.75) is 31.7 Å². The second-order valence-corrected chi connectivity index (χ2v) is 5.56. The number of ether oxygens (including phenoxy) is 1. The molecule has 0 aromatic carbocycles. The van der Waals surface area contributed by atoms with Crippen molar-refractivity contribution in [3.05, 3.63) is 4.88 Å². The van der Waals surface area contributed by atoms with E-state index in [0.717, 1.165) is 9.90 Å². The molecule has 0 amide bonds. The van der Waals surface area contributed by atoms with Gasteiger partial charge in [0.2, 0.25) is 0 Å². The normalized spacial score (nSPS) is 10.6. The third kappa shape index (κ3) is 3.29. The Kier molecular flexibility index (Phi) is 5.14. The van der Waals surface area contributed by atoms with Crippen molar-refractivity contribution >= 4 is 39.8 Å². The van der Waals surface area contributed by atoms with Gasteiger partial charge in [-0.3, -0.25) is 0 Å². The first-order valence-electron chi connectivity index (χ1n) is 5.41. The van der Waals surface area contributed by atoms with E-state index in [1.807, 2.05) is 20.1 Å². The third-order valence-electron chi connectivity index (χ3n) is 1.98. The van der Waals surface area contributed by atoms with E-state index < -0.39 is 0 Å². The van der Waals surface area contributed by atoms with Gasteiger partial charge in [-0.25, -0.2) is 4.79 Å². The minimum atomic E-state index is -0.345. The summed E-state index contributed by atoms with van der Waals surface area (Å²) in [5, 5.41) is 4.23. The predicted octanol–water partition coefficient (Wildman–Crippen LogP) is 3.05. The summed E-state index contributed by atoms with van der Waals surface area (Å²) in [6.07, 6.45) is 1.94. The highest BCUT2D eigenvalue weighted by Gasteiger charge is 2.21. The van der Waals surface area contributed by atoms with Gasteiger partial charge >= 0.3 is 5.97 Å².